The fourth-order valence-corrected chi connectivity index (χ4v) is 7.39. The number of pyridine rings is 2. The van der Waals surface area contributed by atoms with E-state index in [2.05, 4.69) is 131 Å². The zero-order valence-corrected chi connectivity index (χ0v) is 29.5. The van der Waals surface area contributed by atoms with Gasteiger partial charge in [0.15, 0.2) is 12.4 Å². The summed E-state index contributed by atoms with van der Waals surface area (Å²) < 4.78 is 4.91. The van der Waals surface area contributed by atoms with Gasteiger partial charge in [0, 0.05) is 57.9 Å². The number of rotatable bonds is 8. The lowest BCUT2D eigenvalue weighted by molar-refractivity contribution is -0.670. The van der Waals surface area contributed by atoms with E-state index in [-0.39, 0.29) is 34.0 Å². The van der Waals surface area contributed by atoms with Crippen LogP contribution in [0.4, 0.5) is 11.4 Å². The van der Waals surface area contributed by atoms with Crippen molar-refractivity contribution >= 4 is 76.3 Å². The Hall–Kier alpha value is -4.26. The molecule has 2 aromatic heterocycles. The second kappa shape index (κ2) is 13.8. The van der Waals surface area contributed by atoms with E-state index in [4.69, 9.17) is 11.5 Å². The molecule has 6 aromatic carbocycles. The van der Waals surface area contributed by atoms with Gasteiger partial charge >= 0.3 is 0 Å². The molecule has 8 aromatic rings. The van der Waals surface area contributed by atoms with Gasteiger partial charge in [-0.05, 0) is 47.9 Å². The van der Waals surface area contributed by atoms with E-state index in [9.17, 15) is 0 Å². The monoisotopic (exact) mass is 744 g/mol. The number of anilines is 2. The minimum atomic E-state index is 0. The number of hydrogen-bond donors (Lipinski definition) is 2. The van der Waals surface area contributed by atoms with Crippen molar-refractivity contribution in [2.45, 2.75) is 45.2 Å². The average molecular weight is 747 g/mol. The van der Waals surface area contributed by atoms with Crippen LogP contribution in [0.1, 0.15) is 32.1 Å². The van der Waals surface area contributed by atoms with Crippen molar-refractivity contribution in [2.75, 3.05) is 11.5 Å². The molecule has 0 amide bonds. The number of benzene rings is 6. The number of hydrogen-bond acceptors (Lipinski definition) is 2. The molecule has 0 aliphatic heterocycles. The standard InChI is InChI=1S/C41H36N4.2BrH/c42-38-24-34-32-18-8-10-20-40(32)44(26-36(34)28-14-4-6-16-30(28)38)22-12-2-1-3-13-23-45-27-37-29-15-5-7-17-31(29)39(43)25-35(37)33-19-9-11-21-41(33)45;;/h4-11,14-21,24-27,42-43H,1-3,12-13,22-23H2;2*1H. The molecule has 4 N–H and O–H groups in total. The first-order valence-electron chi connectivity index (χ1n) is 16.2. The smallest absolute Gasteiger partial charge is 0.213 e. The number of fused-ring (bicyclic) bond motifs is 10. The molecule has 2 heterocycles. The molecule has 0 saturated carbocycles. The summed E-state index contributed by atoms with van der Waals surface area (Å²) in [6, 6.07) is 38.8. The number of aryl methyl sites for hydroxylation is 2. The lowest BCUT2D eigenvalue weighted by Crippen LogP contribution is -3.00. The van der Waals surface area contributed by atoms with Crippen LogP contribution in [0.3, 0.4) is 0 Å². The molecule has 0 fully saturated rings. The largest absolute Gasteiger partial charge is 1.00 e. The maximum Gasteiger partial charge on any atom is 0.213 e. The minimum Gasteiger partial charge on any atom is -1.00 e. The molecule has 0 bridgehead atoms. The molecule has 4 nitrogen and oxygen atoms in total. The first-order chi connectivity index (χ1) is 22.2. The van der Waals surface area contributed by atoms with Gasteiger partial charge in [-0.1, -0.05) is 79.2 Å². The second-order valence-electron chi connectivity index (χ2n) is 12.4. The van der Waals surface area contributed by atoms with Crippen molar-refractivity contribution in [1.29, 1.82) is 0 Å². The summed E-state index contributed by atoms with van der Waals surface area (Å²) in [6.45, 7) is 2.02. The molecule has 0 radical (unpaired) electrons. The third-order valence-electron chi connectivity index (χ3n) is 9.61. The normalized spacial score (nSPS) is 11.4. The summed E-state index contributed by atoms with van der Waals surface area (Å²) in [7, 11) is 0. The van der Waals surface area contributed by atoms with E-state index in [1.165, 1.54) is 73.4 Å². The van der Waals surface area contributed by atoms with E-state index >= 15 is 0 Å². The zero-order valence-electron chi connectivity index (χ0n) is 26.3. The topological polar surface area (TPSA) is 59.8 Å². The zero-order chi connectivity index (χ0) is 30.3. The van der Waals surface area contributed by atoms with Gasteiger partial charge in [-0.25, -0.2) is 0 Å². The summed E-state index contributed by atoms with van der Waals surface area (Å²) in [5, 5.41) is 12.2. The first kappa shape index (κ1) is 32.7. The SMILES string of the molecule is Nc1cc2c(c[n+](CCCCCCC[n+]3cc4c5ccccc5c(N)cc4c4ccccc43)c3ccccc23)c2ccccc12.[Br-].[Br-]. The molecule has 236 valence electrons. The molecular weight excluding hydrogens is 708 g/mol. The third kappa shape index (κ3) is 5.90. The van der Waals surface area contributed by atoms with Gasteiger partial charge in [-0.2, -0.15) is 9.13 Å². The lowest BCUT2D eigenvalue weighted by atomic mass is 9.98. The van der Waals surface area contributed by atoms with E-state index in [1.807, 2.05) is 0 Å². The van der Waals surface area contributed by atoms with Crippen molar-refractivity contribution in [2.24, 2.45) is 0 Å². The predicted octanol–water partition coefficient (Wildman–Crippen LogP) is 3.00. The number of halogens is 2. The van der Waals surface area contributed by atoms with Crippen molar-refractivity contribution in [1.82, 2.24) is 0 Å². The fraction of sp³-hybridized carbons (Fsp3) is 0.171. The van der Waals surface area contributed by atoms with Crippen LogP contribution in [-0.4, -0.2) is 0 Å². The first-order valence-corrected chi connectivity index (χ1v) is 16.2. The van der Waals surface area contributed by atoms with Gasteiger partial charge in [0.05, 0.1) is 21.5 Å². The van der Waals surface area contributed by atoms with Crippen LogP contribution in [0.25, 0.3) is 64.9 Å². The molecule has 0 unspecified atom stereocenters. The third-order valence-corrected chi connectivity index (χ3v) is 9.61. The van der Waals surface area contributed by atoms with Crippen LogP contribution < -0.4 is 54.6 Å². The highest BCUT2D eigenvalue weighted by Crippen LogP contribution is 2.34. The Balaban J connectivity index is 0.00000193. The quantitative estimate of drug-likeness (QED) is 0.109. The molecule has 0 spiro atoms. The summed E-state index contributed by atoms with van der Waals surface area (Å²) in [5.74, 6) is 0. The summed E-state index contributed by atoms with van der Waals surface area (Å²) in [5.41, 5.74) is 17.2. The summed E-state index contributed by atoms with van der Waals surface area (Å²) in [4.78, 5) is 0. The van der Waals surface area contributed by atoms with Gasteiger partial charge < -0.3 is 45.4 Å². The molecule has 0 atom stereocenters. The Morgan fingerprint density at radius 2 is 0.702 bits per heavy atom. The van der Waals surface area contributed by atoms with Crippen LogP contribution in [0, 0.1) is 0 Å². The van der Waals surface area contributed by atoms with Gasteiger partial charge in [-0.15, -0.1) is 0 Å². The number of aromatic nitrogens is 2. The molecule has 0 aliphatic carbocycles. The number of para-hydroxylation sites is 2. The Bertz CT molecular complexity index is 2230. The highest BCUT2D eigenvalue weighted by Gasteiger charge is 2.18. The van der Waals surface area contributed by atoms with Gasteiger partial charge in [-0.3, -0.25) is 0 Å². The van der Waals surface area contributed by atoms with Gasteiger partial charge in [0.1, 0.15) is 13.1 Å². The summed E-state index contributed by atoms with van der Waals surface area (Å²) in [6.07, 6.45) is 10.7. The predicted molar refractivity (Wildman–Crippen MR) is 190 cm³/mol. The van der Waals surface area contributed by atoms with E-state index < -0.39 is 0 Å². The van der Waals surface area contributed by atoms with E-state index in [0.717, 1.165) is 48.1 Å². The molecule has 6 heteroatoms. The van der Waals surface area contributed by atoms with Crippen LogP contribution >= 0.6 is 0 Å². The highest BCUT2D eigenvalue weighted by molar-refractivity contribution is 6.19. The van der Waals surface area contributed by atoms with Crippen LogP contribution in [0.2, 0.25) is 0 Å². The van der Waals surface area contributed by atoms with E-state index in [1.54, 1.807) is 0 Å². The van der Waals surface area contributed by atoms with Crippen LogP contribution in [0.15, 0.2) is 122 Å². The highest BCUT2D eigenvalue weighted by atomic mass is 79.9. The maximum absolute atomic E-state index is 6.49. The Morgan fingerprint density at radius 3 is 1.13 bits per heavy atom. The lowest BCUT2D eigenvalue weighted by Gasteiger charge is -2.10. The number of unbranched alkanes of at least 4 members (excludes halogenated alkanes) is 4. The summed E-state index contributed by atoms with van der Waals surface area (Å²) >= 11 is 0. The number of nitrogens with zero attached hydrogens (tertiary/aromatic N) is 2. The molecule has 0 saturated heterocycles. The van der Waals surface area contributed by atoms with Crippen molar-refractivity contribution in [3.63, 3.8) is 0 Å². The van der Waals surface area contributed by atoms with E-state index in [0.29, 0.717) is 0 Å². The van der Waals surface area contributed by atoms with Crippen molar-refractivity contribution in [3.05, 3.63) is 122 Å². The van der Waals surface area contributed by atoms with Gasteiger partial charge in [0.2, 0.25) is 11.0 Å². The maximum atomic E-state index is 6.49. The van der Waals surface area contributed by atoms with Crippen molar-refractivity contribution in [3.8, 4) is 0 Å². The number of nitrogen functional groups attached to an aromatic ring is 2. The van der Waals surface area contributed by atoms with Crippen LogP contribution in [-0.2, 0) is 13.1 Å². The number of nitrogens with two attached hydrogens (primary N) is 2. The Morgan fingerprint density at radius 1 is 0.362 bits per heavy atom. The molecule has 8 rings (SSSR count). The minimum absolute atomic E-state index is 0. The Labute approximate surface area is 296 Å². The van der Waals surface area contributed by atoms with Crippen molar-refractivity contribution < 1.29 is 43.1 Å². The van der Waals surface area contributed by atoms with Gasteiger partial charge in [0.25, 0.3) is 0 Å². The Kier molecular flexibility index (Phi) is 9.62. The molecule has 47 heavy (non-hydrogen) atoms. The fourth-order valence-electron chi connectivity index (χ4n) is 7.39. The molecular formula is C41H38Br2N4. The second-order valence-corrected chi connectivity index (χ2v) is 12.4. The average Bonchev–Trinajstić information content (AvgIpc) is 3.09. The van der Waals surface area contributed by atoms with Crippen LogP contribution in [0.5, 0.6) is 0 Å². The molecule has 0 aliphatic rings.